The number of halogens is 3. The molecule has 3 N–H and O–H groups in total. The first kappa shape index (κ1) is 8.23. The van der Waals surface area contributed by atoms with Crippen LogP contribution in [0.2, 0.25) is 5.02 Å². The minimum Gasteiger partial charge on any atom is -0.324 e. The lowest BCUT2D eigenvalue weighted by molar-refractivity contribution is 0.585. The molecule has 0 saturated carbocycles. The Hall–Kier alpha value is -0.870. The molecule has 0 spiro atoms. The van der Waals surface area contributed by atoms with Crippen LogP contribution in [0.15, 0.2) is 12.1 Å². The van der Waals surface area contributed by atoms with Crippen LogP contribution < -0.4 is 11.3 Å². The predicted molar refractivity (Wildman–Crippen MR) is 39.2 cm³/mol. The third-order valence-corrected chi connectivity index (χ3v) is 1.51. The zero-order chi connectivity index (χ0) is 8.43. The molecule has 0 amide bonds. The third-order valence-electron chi connectivity index (χ3n) is 1.15. The summed E-state index contributed by atoms with van der Waals surface area (Å²) in [7, 11) is 0. The number of nitrogens with one attached hydrogen (secondary N) is 1. The molecule has 0 fully saturated rings. The first-order valence-electron chi connectivity index (χ1n) is 2.76. The van der Waals surface area contributed by atoms with Gasteiger partial charge in [0.15, 0.2) is 0 Å². The van der Waals surface area contributed by atoms with E-state index in [9.17, 15) is 8.78 Å². The van der Waals surface area contributed by atoms with E-state index in [1.54, 1.807) is 0 Å². The van der Waals surface area contributed by atoms with Gasteiger partial charge in [-0.15, -0.1) is 0 Å². The number of hydrazine groups is 1. The van der Waals surface area contributed by atoms with Crippen molar-refractivity contribution in [2.45, 2.75) is 0 Å². The van der Waals surface area contributed by atoms with Crippen LogP contribution in [0.4, 0.5) is 14.5 Å². The van der Waals surface area contributed by atoms with E-state index in [1.807, 2.05) is 0 Å². The number of benzene rings is 1. The largest absolute Gasteiger partial charge is 0.324 e. The number of anilines is 1. The van der Waals surface area contributed by atoms with Gasteiger partial charge in [-0.3, -0.25) is 5.84 Å². The molecule has 1 aromatic rings. The van der Waals surface area contributed by atoms with Gasteiger partial charge in [0.25, 0.3) is 0 Å². The second kappa shape index (κ2) is 3.02. The SMILES string of the molecule is NNc1cc(F)c(Cl)c(F)c1. The molecule has 1 aromatic carbocycles. The summed E-state index contributed by atoms with van der Waals surface area (Å²) in [5, 5.41) is -0.524. The van der Waals surface area contributed by atoms with Gasteiger partial charge in [-0.05, 0) is 0 Å². The molecule has 0 unspecified atom stereocenters. The van der Waals surface area contributed by atoms with Crippen molar-refractivity contribution in [1.82, 2.24) is 0 Å². The van der Waals surface area contributed by atoms with Crippen LogP contribution in [0.3, 0.4) is 0 Å². The molecule has 0 aliphatic heterocycles. The first-order chi connectivity index (χ1) is 5.15. The number of hydrogen-bond acceptors (Lipinski definition) is 2. The third kappa shape index (κ3) is 1.58. The molecule has 0 saturated heterocycles. The molecule has 2 nitrogen and oxygen atoms in total. The molecule has 5 heteroatoms. The summed E-state index contributed by atoms with van der Waals surface area (Å²) >= 11 is 5.19. The molecule has 60 valence electrons. The van der Waals surface area contributed by atoms with Crippen molar-refractivity contribution < 1.29 is 8.78 Å². The van der Waals surface area contributed by atoms with Crippen LogP contribution >= 0.6 is 11.6 Å². The Labute approximate surface area is 66.9 Å². The second-order valence-corrected chi connectivity index (χ2v) is 2.28. The van der Waals surface area contributed by atoms with E-state index in [1.165, 1.54) is 0 Å². The van der Waals surface area contributed by atoms with Crippen molar-refractivity contribution in [1.29, 1.82) is 0 Å². The van der Waals surface area contributed by atoms with E-state index >= 15 is 0 Å². The van der Waals surface area contributed by atoms with Crippen LogP contribution in [-0.2, 0) is 0 Å². The topological polar surface area (TPSA) is 38.0 Å². The van der Waals surface area contributed by atoms with Gasteiger partial charge in [-0.2, -0.15) is 0 Å². The normalized spacial score (nSPS) is 9.82. The van der Waals surface area contributed by atoms with Crippen LogP contribution in [0.25, 0.3) is 0 Å². The molecule has 0 heterocycles. The summed E-state index contributed by atoms with van der Waals surface area (Å²) in [5.74, 6) is 3.24. The molecule has 0 aliphatic rings. The van der Waals surface area contributed by atoms with Crippen molar-refractivity contribution in [3.05, 3.63) is 28.8 Å². The standard InChI is InChI=1S/C6H5ClF2N2/c7-6-4(8)1-3(11-10)2-5(6)9/h1-2,11H,10H2. The Balaban J connectivity index is 3.21. The van der Waals surface area contributed by atoms with Crippen LogP contribution in [0, 0.1) is 11.6 Å². The highest BCUT2D eigenvalue weighted by molar-refractivity contribution is 6.30. The maximum Gasteiger partial charge on any atom is 0.146 e. The summed E-state index contributed by atoms with van der Waals surface area (Å²) in [6.45, 7) is 0. The maximum atomic E-state index is 12.6. The summed E-state index contributed by atoms with van der Waals surface area (Å²) < 4.78 is 25.1. The molecule has 11 heavy (non-hydrogen) atoms. The lowest BCUT2D eigenvalue weighted by Crippen LogP contribution is -2.07. The maximum absolute atomic E-state index is 12.6. The average molecular weight is 179 g/mol. The Bertz CT molecular complexity index is 254. The molecule has 0 aliphatic carbocycles. The molecule has 0 radical (unpaired) electrons. The van der Waals surface area contributed by atoms with Gasteiger partial charge in [0.05, 0.1) is 5.69 Å². The van der Waals surface area contributed by atoms with Gasteiger partial charge in [0.1, 0.15) is 16.7 Å². The molecule has 0 atom stereocenters. The van der Waals surface area contributed by atoms with Gasteiger partial charge >= 0.3 is 0 Å². The minimum absolute atomic E-state index is 0.143. The van der Waals surface area contributed by atoms with Gasteiger partial charge < -0.3 is 5.43 Å². The van der Waals surface area contributed by atoms with Crippen molar-refractivity contribution in [2.75, 3.05) is 5.43 Å². The second-order valence-electron chi connectivity index (χ2n) is 1.90. The average Bonchev–Trinajstić information content (AvgIpc) is 1.99. The smallest absolute Gasteiger partial charge is 0.146 e. The molecule has 0 aromatic heterocycles. The lowest BCUT2D eigenvalue weighted by atomic mass is 10.3. The Morgan fingerprint density at radius 2 is 1.73 bits per heavy atom. The zero-order valence-electron chi connectivity index (χ0n) is 5.37. The van der Waals surface area contributed by atoms with E-state index in [4.69, 9.17) is 17.4 Å². The Kier molecular flexibility index (Phi) is 2.26. The fraction of sp³-hybridized carbons (Fsp3) is 0. The van der Waals surface area contributed by atoms with E-state index in [2.05, 4.69) is 5.43 Å². The molecular formula is C6H5ClF2N2. The minimum atomic E-state index is -0.834. The highest BCUT2D eigenvalue weighted by Gasteiger charge is 2.07. The van der Waals surface area contributed by atoms with Crippen molar-refractivity contribution >= 4 is 17.3 Å². The van der Waals surface area contributed by atoms with Gasteiger partial charge in [0, 0.05) is 12.1 Å². The van der Waals surface area contributed by atoms with E-state index in [0.717, 1.165) is 12.1 Å². The van der Waals surface area contributed by atoms with E-state index in [-0.39, 0.29) is 5.69 Å². The monoisotopic (exact) mass is 178 g/mol. The zero-order valence-corrected chi connectivity index (χ0v) is 6.12. The molecular weight excluding hydrogens is 174 g/mol. The van der Waals surface area contributed by atoms with Crippen LogP contribution in [-0.4, -0.2) is 0 Å². The highest BCUT2D eigenvalue weighted by Crippen LogP contribution is 2.22. The van der Waals surface area contributed by atoms with Crippen molar-refractivity contribution in [3.63, 3.8) is 0 Å². The van der Waals surface area contributed by atoms with E-state index < -0.39 is 16.7 Å². The lowest BCUT2D eigenvalue weighted by Gasteiger charge is -2.01. The fourth-order valence-corrected chi connectivity index (χ4v) is 0.748. The number of hydrogen-bond donors (Lipinski definition) is 2. The van der Waals surface area contributed by atoms with Gasteiger partial charge in [-0.1, -0.05) is 11.6 Å². The predicted octanol–water partition coefficient (Wildman–Crippen LogP) is 1.90. The summed E-state index contributed by atoms with van der Waals surface area (Å²) in [6, 6.07) is 2.01. The molecule has 1 rings (SSSR count). The quantitative estimate of drug-likeness (QED) is 0.392. The van der Waals surface area contributed by atoms with Crippen LogP contribution in [0.1, 0.15) is 0 Å². The number of nitrogen functional groups attached to an aromatic ring is 1. The highest BCUT2D eigenvalue weighted by atomic mass is 35.5. The van der Waals surface area contributed by atoms with Gasteiger partial charge in [-0.25, -0.2) is 8.78 Å². The van der Waals surface area contributed by atoms with Crippen LogP contribution in [0.5, 0.6) is 0 Å². The molecule has 0 bridgehead atoms. The van der Waals surface area contributed by atoms with Crippen molar-refractivity contribution in [3.8, 4) is 0 Å². The Morgan fingerprint density at radius 1 is 1.27 bits per heavy atom. The Morgan fingerprint density at radius 3 is 2.09 bits per heavy atom. The van der Waals surface area contributed by atoms with E-state index in [0.29, 0.717) is 0 Å². The summed E-state index contributed by atoms with van der Waals surface area (Å²) in [6.07, 6.45) is 0. The fourth-order valence-electron chi connectivity index (χ4n) is 0.639. The van der Waals surface area contributed by atoms with Gasteiger partial charge in [0.2, 0.25) is 0 Å². The number of rotatable bonds is 1. The summed E-state index contributed by atoms with van der Waals surface area (Å²) in [5.41, 5.74) is 2.24. The number of nitrogens with two attached hydrogens (primary N) is 1. The first-order valence-corrected chi connectivity index (χ1v) is 3.14. The van der Waals surface area contributed by atoms with Crippen molar-refractivity contribution in [2.24, 2.45) is 5.84 Å². The summed E-state index contributed by atoms with van der Waals surface area (Å²) in [4.78, 5) is 0.